The molecule has 0 aliphatic rings. The van der Waals surface area contributed by atoms with Gasteiger partial charge in [0.25, 0.3) is 0 Å². The van der Waals surface area contributed by atoms with Crippen molar-refractivity contribution in [1.82, 2.24) is 4.98 Å². The van der Waals surface area contributed by atoms with Crippen LogP contribution >= 0.6 is 11.3 Å². The Labute approximate surface area is 123 Å². The van der Waals surface area contributed by atoms with Gasteiger partial charge in [-0.3, -0.25) is 4.98 Å². The van der Waals surface area contributed by atoms with Crippen LogP contribution in [0.15, 0.2) is 63.6 Å². The van der Waals surface area contributed by atoms with Crippen LogP contribution in [0.4, 0.5) is 0 Å². The van der Waals surface area contributed by atoms with E-state index < -0.39 is 0 Å². The van der Waals surface area contributed by atoms with Crippen molar-refractivity contribution in [3.63, 3.8) is 0 Å². The highest BCUT2D eigenvalue weighted by Crippen LogP contribution is 2.26. The van der Waals surface area contributed by atoms with E-state index in [1.54, 1.807) is 17.4 Å². The minimum absolute atomic E-state index is 0.472. The van der Waals surface area contributed by atoms with Crippen LogP contribution in [-0.2, 0) is 0 Å². The van der Waals surface area contributed by atoms with Crippen LogP contribution in [0.5, 0.6) is 0 Å². The molecule has 0 aliphatic carbocycles. The molecule has 4 aromatic rings. The largest absolute Gasteiger partial charge is 0.454 e. The monoisotopic (exact) mass is 294 g/mol. The summed E-state index contributed by atoms with van der Waals surface area (Å²) >= 11 is 1.66. The maximum atomic E-state index is 9.21. The van der Waals surface area contributed by atoms with Gasteiger partial charge in [-0.2, -0.15) is 0 Å². The van der Waals surface area contributed by atoms with Gasteiger partial charge in [-0.1, -0.05) is 17.3 Å². The summed E-state index contributed by atoms with van der Waals surface area (Å²) in [5, 5.41) is 16.9. The molecule has 0 fully saturated rings. The predicted octanol–water partition coefficient (Wildman–Crippen LogP) is 4.00. The summed E-state index contributed by atoms with van der Waals surface area (Å²) in [5.74, 6) is 0.580. The Kier molecular flexibility index (Phi) is 2.72. The summed E-state index contributed by atoms with van der Waals surface area (Å²) in [7, 11) is 0. The molecule has 5 heteroatoms. The van der Waals surface area contributed by atoms with Gasteiger partial charge < -0.3 is 9.62 Å². The van der Waals surface area contributed by atoms with Gasteiger partial charge >= 0.3 is 0 Å². The Balaban J connectivity index is 2.01. The quantitative estimate of drug-likeness (QED) is 0.426. The van der Waals surface area contributed by atoms with E-state index in [2.05, 4.69) is 10.1 Å². The van der Waals surface area contributed by atoms with Crippen molar-refractivity contribution in [3.05, 3.63) is 59.4 Å². The van der Waals surface area contributed by atoms with Crippen LogP contribution in [0.3, 0.4) is 0 Å². The van der Waals surface area contributed by atoms with Crippen molar-refractivity contribution in [2.24, 2.45) is 5.16 Å². The Morgan fingerprint density at radius 2 is 2.05 bits per heavy atom. The van der Waals surface area contributed by atoms with Gasteiger partial charge in [-0.05, 0) is 29.6 Å². The summed E-state index contributed by atoms with van der Waals surface area (Å²) in [6, 6.07) is 13.2. The molecule has 0 aliphatic heterocycles. The molecule has 3 aromatic heterocycles. The summed E-state index contributed by atoms with van der Waals surface area (Å²) in [6.45, 7) is 0. The normalized spacial score (nSPS) is 12.3. The van der Waals surface area contributed by atoms with Crippen molar-refractivity contribution >= 4 is 32.4 Å². The minimum atomic E-state index is 0.472. The number of fused-ring (bicyclic) bond motifs is 2. The van der Waals surface area contributed by atoms with Crippen LogP contribution < -0.4 is 5.36 Å². The molecular formula is C16H10N2O2S. The van der Waals surface area contributed by atoms with Crippen molar-refractivity contribution in [2.45, 2.75) is 0 Å². The first-order valence-corrected chi connectivity index (χ1v) is 7.28. The first kappa shape index (κ1) is 12.1. The Hall–Kier alpha value is -2.66. The molecule has 4 nitrogen and oxygen atoms in total. The lowest BCUT2D eigenvalue weighted by Crippen LogP contribution is -2.03. The maximum Gasteiger partial charge on any atom is 0.155 e. The third-order valence-electron chi connectivity index (χ3n) is 3.35. The first-order valence-electron chi connectivity index (χ1n) is 6.40. The SMILES string of the molecule is ON=c1cc(-c2cc3sccc3cn2)oc2ccccc12. The fourth-order valence-electron chi connectivity index (χ4n) is 2.32. The van der Waals surface area contributed by atoms with Crippen molar-refractivity contribution in [2.75, 3.05) is 0 Å². The number of hydrogen-bond donors (Lipinski definition) is 1. The standard InChI is InChI=1S/C16H10N2O2S/c19-18-12-7-15(20-14-4-2-1-3-11(12)14)13-8-16-10(9-17-13)5-6-21-16/h1-9,19H. The van der Waals surface area contributed by atoms with E-state index in [4.69, 9.17) is 4.42 Å². The molecular weight excluding hydrogens is 284 g/mol. The van der Waals surface area contributed by atoms with Crippen LogP contribution in [0.25, 0.3) is 32.5 Å². The number of hydrogen-bond acceptors (Lipinski definition) is 5. The van der Waals surface area contributed by atoms with Gasteiger partial charge in [0.15, 0.2) is 5.76 Å². The van der Waals surface area contributed by atoms with E-state index in [-0.39, 0.29) is 0 Å². The fraction of sp³-hybridized carbons (Fsp3) is 0. The van der Waals surface area contributed by atoms with Gasteiger partial charge in [-0.25, -0.2) is 0 Å². The van der Waals surface area contributed by atoms with Crippen molar-refractivity contribution in [1.29, 1.82) is 0 Å². The third kappa shape index (κ3) is 1.98. The molecule has 1 N–H and O–H groups in total. The topological polar surface area (TPSA) is 58.6 Å². The Morgan fingerprint density at radius 3 is 2.95 bits per heavy atom. The lowest BCUT2D eigenvalue weighted by atomic mass is 10.2. The average molecular weight is 294 g/mol. The van der Waals surface area contributed by atoms with Crippen molar-refractivity contribution < 1.29 is 9.62 Å². The van der Waals surface area contributed by atoms with Crippen LogP contribution in [-0.4, -0.2) is 10.2 Å². The van der Waals surface area contributed by atoms with Gasteiger partial charge in [0.1, 0.15) is 16.6 Å². The predicted molar refractivity (Wildman–Crippen MR) is 82.2 cm³/mol. The number of para-hydroxylation sites is 1. The summed E-state index contributed by atoms with van der Waals surface area (Å²) < 4.78 is 7.03. The van der Waals surface area contributed by atoms with Gasteiger partial charge in [0.05, 0.1) is 0 Å². The molecule has 0 unspecified atom stereocenters. The zero-order valence-electron chi connectivity index (χ0n) is 10.9. The number of aromatic nitrogens is 1. The first-order chi connectivity index (χ1) is 10.3. The lowest BCUT2D eigenvalue weighted by Gasteiger charge is -2.03. The molecule has 0 amide bonds. The van der Waals surface area contributed by atoms with E-state index in [0.717, 1.165) is 21.2 Å². The van der Waals surface area contributed by atoms with Crippen LogP contribution in [0.1, 0.15) is 0 Å². The zero-order chi connectivity index (χ0) is 14.2. The molecule has 0 spiro atoms. The molecule has 21 heavy (non-hydrogen) atoms. The Morgan fingerprint density at radius 1 is 1.14 bits per heavy atom. The van der Waals surface area contributed by atoms with Gasteiger partial charge in [0, 0.05) is 27.7 Å². The molecule has 0 bridgehead atoms. The molecule has 0 saturated carbocycles. The summed E-state index contributed by atoms with van der Waals surface area (Å²) in [5.41, 5.74) is 1.39. The maximum absolute atomic E-state index is 9.21. The smallest absolute Gasteiger partial charge is 0.155 e. The minimum Gasteiger partial charge on any atom is -0.454 e. The van der Waals surface area contributed by atoms with E-state index >= 15 is 0 Å². The Bertz CT molecular complexity index is 1020. The number of pyridine rings is 1. The number of thiophene rings is 1. The van der Waals surface area contributed by atoms with Crippen LogP contribution in [0.2, 0.25) is 0 Å². The van der Waals surface area contributed by atoms with E-state index in [1.807, 2.05) is 48.0 Å². The van der Waals surface area contributed by atoms with E-state index in [9.17, 15) is 5.21 Å². The highest BCUT2D eigenvalue weighted by atomic mass is 32.1. The zero-order valence-corrected chi connectivity index (χ0v) is 11.7. The second-order valence-electron chi connectivity index (χ2n) is 4.62. The second kappa shape index (κ2) is 4.71. The average Bonchev–Trinajstić information content (AvgIpc) is 3.01. The number of rotatable bonds is 1. The molecule has 102 valence electrons. The lowest BCUT2D eigenvalue weighted by molar-refractivity contribution is 0.302. The molecule has 0 atom stereocenters. The summed E-state index contributed by atoms with van der Waals surface area (Å²) in [4.78, 5) is 4.42. The number of nitrogens with zero attached hydrogens (tertiary/aromatic N) is 2. The van der Waals surface area contributed by atoms with Crippen LogP contribution in [0, 0.1) is 0 Å². The molecule has 0 saturated heterocycles. The third-order valence-corrected chi connectivity index (χ3v) is 4.23. The molecule has 4 rings (SSSR count). The van der Waals surface area contributed by atoms with Gasteiger partial charge in [0.2, 0.25) is 0 Å². The van der Waals surface area contributed by atoms with Crippen molar-refractivity contribution in [3.8, 4) is 11.5 Å². The molecule has 0 radical (unpaired) electrons. The summed E-state index contributed by atoms with van der Waals surface area (Å²) in [6.07, 6.45) is 1.82. The highest BCUT2D eigenvalue weighted by Gasteiger charge is 2.08. The van der Waals surface area contributed by atoms with E-state index in [0.29, 0.717) is 16.7 Å². The van der Waals surface area contributed by atoms with Gasteiger partial charge in [-0.15, -0.1) is 11.3 Å². The highest BCUT2D eigenvalue weighted by molar-refractivity contribution is 7.17. The fourth-order valence-corrected chi connectivity index (χ4v) is 3.11. The molecule has 1 aromatic carbocycles. The second-order valence-corrected chi connectivity index (χ2v) is 5.57. The molecule has 3 heterocycles. The number of benzene rings is 1. The van der Waals surface area contributed by atoms with E-state index in [1.165, 1.54) is 0 Å².